The topological polar surface area (TPSA) is 12.5 Å². The van der Waals surface area contributed by atoms with E-state index in [-0.39, 0.29) is 0 Å². The van der Waals surface area contributed by atoms with E-state index in [4.69, 9.17) is 4.74 Å². The van der Waals surface area contributed by atoms with Crippen LogP contribution in [0.15, 0.2) is 200 Å². The van der Waals surface area contributed by atoms with E-state index in [0.717, 1.165) is 50.6 Å². The minimum Gasteiger partial charge on any atom is -0.456 e. The summed E-state index contributed by atoms with van der Waals surface area (Å²) < 4.78 is 6.44. The van der Waals surface area contributed by atoms with Gasteiger partial charge in [-0.2, -0.15) is 0 Å². The lowest BCUT2D eigenvalue weighted by atomic mass is 9.91. The average molecular weight is 664 g/mol. The fraction of sp³-hybridized carbons (Fsp3) is 0. The summed E-state index contributed by atoms with van der Waals surface area (Å²) in [6, 6.07) is 71.6. The number of anilines is 3. The molecule has 0 saturated heterocycles. The number of fused-ring (bicyclic) bond motifs is 3. The van der Waals surface area contributed by atoms with Crippen LogP contribution in [-0.4, -0.2) is 0 Å². The van der Waals surface area contributed by atoms with Crippen molar-refractivity contribution in [2.24, 2.45) is 0 Å². The number of ether oxygens (including phenoxy) is 1. The van der Waals surface area contributed by atoms with Gasteiger partial charge in [0.25, 0.3) is 0 Å². The SMILES string of the molecule is c1ccc(N(c2ccc(-c3ccc(-c4cccc5ccccc45)cc3)cc2)c2ccccc2-c2ccc3c(c2)-c2cccc4cccc(c24)O3)cc1. The van der Waals surface area contributed by atoms with Gasteiger partial charge in [-0.15, -0.1) is 0 Å². The minimum absolute atomic E-state index is 0.882. The van der Waals surface area contributed by atoms with Crippen LogP contribution in [0.4, 0.5) is 17.1 Å². The van der Waals surface area contributed by atoms with Crippen molar-refractivity contribution in [3.05, 3.63) is 200 Å². The number of rotatable bonds is 6. The molecule has 0 spiro atoms. The van der Waals surface area contributed by atoms with E-state index in [1.807, 2.05) is 0 Å². The fourth-order valence-electron chi connectivity index (χ4n) is 7.77. The second-order valence-corrected chi connectivity index (χ2v) is 13.3. The van der Waals surface area contributed by atoms with Crippen molar-refractivity contribution in [1.29, 1.82) is 0 Å². The lowest BCUT2D eigenvalue weighted by Crippen LogP contribution is -2.11. The van der Waals surface area contributed by atoms with E-state index in [1.165, 1.54) is 44.0 Å². The number of hydrogen-bond acceptors (Lipinski definition) is 2. The van der Waals surface area contributed by atoms with Crippen molar-refractivity contribution < 1.29 is 4.74 Å². The summed E-state index contributed by atoms with van der Waals surface area (Å²) in [5.74, 6) is 1.79. The summed E-state index contributed by atoms with van der Waals surface area (Å²) >= 11 is 0. The second kappa shape index (κ2) is 12.5. The Balaban J connectivity index is 1.03. The highest BCUT2D eigenvalue weighted by atomic mass is 16.5. The largest absolute Gasteiger partial charge is 0.456 e. The lowest BCUT2D eigenvalue weighted by molar-refractivity contribution is 0.487. The van der Waals surface area contributed by atoms with Crippen LogP contribution in [0.3, 0.4) is 0 Å². The van der Waals surface area contributed by atoms with Gasteiger partial charge in [0.2, 0.25) is 0 Å². The third-order valence-electron chi connectivity index (χ3n) is 10.3. The molecule has 2 nitrogen and oxygen atoms in total. The van der Waals surface area contributed by atoms with Gasteiger partial charge < -0.3 is 9.64 Å². The van der Waals surface area contributed by atoms with Crippen molar-refractivity contribution in [3.8, 4) is 56.0 Å². The molecule has 0 saturated carbocycles. The number of benzene rings is 9. The van der Waals surface area contributed by atoms with E-state index in [1.54, 1.807) is 0 Å². The van der Waals surface area contributed by atoms with Gasteiger partial charge in [-0.25, -0.2) is 0 Å². The molecule has 0 unspecified atom stereocenters. The highest BCUT2D eigenvalue weighted by molar-refractivity contribution is 6.05. The van der Waals surface area contributed by atoms with Crippen molar-refractivity contribution in [2.45, 2.75) is 0 Å². The third kappa shape index (κ3) is 5.12. The molecule has 52 heavy (non-hydrogen) atoms. The predicted octanol–water partition coefficient (Wildman–Crippen LogP) is 14.2. The Bertz CT molecular complexity index is 2740. The molecule has 0 fully saturated rings. The van der Waals surface area contributed by atoms with Crippen LogP contribution in [0.5, 0.6) is 11.5 Å². The van der Waals surface area contributed by atoms with Gasteiger partial charge in [-0.05, 0) is 98.1 Å². The predicted molar refractivity (Wildman–Crippen MR) is 218 cm³/mol. The van der Waals surface area contributed by atoms with Gasteiger partial charge in [-0.3, -0.25) is 0 Å². The molecular formula is C50H33NO. The molecule has 0 radical (unpaired) electrons. The van der Waals surface area contributed by atoms with E-state index in [0.29, 0.717) is 0 Å². The van der Waals surface area contributed by atoms with Crippen LogP contribution in [0.1, 0.15) is 0 Å². The van der Waals surface area contributed by atoms with Crippen molar-refractivity contribution in [2.75, 3.05) is 4.90 Å². The highest BCUT2D eigenvalue weighted by Gasteiger charge is 2.22. The van der Waals surface area contributed by atoms with Crippen LogP contribution in [0.2, 0.25) is 0 Å². The van der Waals surface area contributed by atoms with Gasteiger partial charge in [0, 0.05) is 27.9 Å². The van der Waals surface area contributed by atoms with Gasteiger partial charge in [0.15, 0.2) is 0 Å². The van der Waals surface area contributed by atoms with Gasteiger partial charge in [0.1, 0.15) is 11.5 Å². The molecule has 0 aromatic heterocycles. The molecule has 1 aliphatic heterocycles. The molecule has 0 aliphatic carbocycles. The fourth-order valence-corrected chi connectivity index (χ4v) is 7.77. The maximum Gasteiger partial charge on any atom is 0.135 e. The maximum absolute atomic E-state index is 6.44. The first kappa shape index (κ1) is 30.0. The Hall–Kier alpha value is -6.90. The molecule has 9 aromatic carbocycles. The lowest BCUT2D eigenvalue weighted by Gasteiger charge is -2.28. The third-order valence-corrected chi connectivity index (χ3v) is 10.3. The smallest absolute Gasteiger partial charge is 0.135 e. The molecule has 0 N–H and O–H groups in total. The van der Waals surface area contributed by atoms with E-state index in [2.05, 4.69) is 205 Å². The van der Waals surface area contributed by atoms with Crippen LogP contribution in [0.25, 0.3) is 66.1 Å². The van der Waals surface area contributed by atoms with Crippen molar-refractivity contribution >= 4 is 38.6 Å². The molecule has 2 heteroatoms. The molecule has 0 bridgehead atoms. The Kier molecular flexibility index (Phi) is 7.18. The van der Waals surface area contributed by atoms with Crippen LogP contribution < -0.4 is 9.64 Å². The van der Waals surface area contributed by atoms with Crippen molar-refractivity contribution in [1.82, 2.24) is 0 Å². The Morgan fingerprint density at radius 3 is 1.73 bits per heavy atom. The summed E-state index contributed by atoms with van der Waals surface area (Å²) in [6.07, 6.45) is 0. The molecule has 10 rings (SSSR count). The van der Waals surface area contributed by atoms with E-state index < -0.39 is 0 Å². The monoisotopic (exact) mass is 663 g/mol. The minimum atomic E-state index is 0.882. The summed E-state index contributed by atoms with van der Waals surface area (Å²) in [7, 11) is 0. The second-order valence-electron chi connectivity index (χ2n) is 13.3. The van der Waals surface area contributed by atoms with E-state index in [9.17, 15) is 0 Å². The number of nitrogens with zero attached hydrogens (tertiary/aromatic N) is 1. The molecular weight excluding hydrogens is 631 g/mol. The standard InChI is InChI=1S/C50H33NO/c1-2-15-40(16-3-1)51(41-30-27-35(28-31-41)34-23-25-37(26-24-34)43-19-8-12-36-11-4-5-17-42(36)43)47-21-7-6-18-44(47)39-29-32-48-46(33-39)45-20-9-13-38-14-10-22-49(52-48)50(38)45/h1-33H. The highest BCUT2D eigenvalue weighted by Crippen LogP contribution is 2.49. The molecule has 1 aliphatic rings. The summed E-state index contributed by atoms with van der Waals surface area (Å²) in [5.41, 5.74) is 12.7. The summed E-state index contributed by atoms with van der Waals surface area (Å²) in [4.78, 5) is 2.36. The maximum atomic E-state index is 6.44. The molecule has 1 heterocycles. The quantitative estimate of drug-likeness (QED) is 0.176. The Labute approximate surface area is 303 Å². The first-order valence-electron chi connectivity index (χ1n) is 17.8. The van der Waals surface area contributed by atoms with Crippen molar-refractivity contribution in [3.63, 3.8) is 0 Å². The summed E-state index contributed by atoms with van der Waals surface area (Å²) in [6.45, 7) is 0. The first-order valence-corrected chi connectivity index (χ1v) is 17.8. The number of hydrogen-bond donors (Lipinski definition) is 0. The molecule has 9 aromatic rings. The van der Waals surface area contributed by atoms with Gasteiger partial charge in [0.05, 0.1) is 5.69 Å². The van der Waals surface area contributed by atoms with Gasteiger partial charge in [-0.1, -0.05) is 152 Å². The average Bonchev–Trinajstić information content (AvgIpc) is 3.22. The van der Waals surface area contributed by atoms with Crippen LogP contribution in [0, 0.1) is 0 Å². The van der Waals surface area contributed by atoms with Crippen LogP contribution >= 0.6 is 0 Å². The van der Waals surface area contributed by atoms with Gasteiger partial charge >= 0.3 is 0 Å². The van der Waals surface area contributed by atoms with Crippen LogP contribution in [-0.2, 0) is 0 Å². The Morgan fingerprint density at radius 1 is 0.327 bits per heavy atom. The molecule has 244 valence electrons. The molecule has 0 atom stereocenters. The Morgan fingerprint density at radius 2 is 0.904 bits per heavy atom. The zero-order valence-electron chi connectivity index (χ0n) is 28.4. The zero-order valence-corrected chi connectivity index (χ0v) is 28.4. The number of para-hydroxylation sites is 2. The first-order chi connectivity index (χ1) is 25.8. The summed E-state index contributed by atoms with van der Waals surface area (Å²) in [5, 5.41) is 4.88. The van der Waals surface area contributed by atoms with E-state index >= 15 is 0 Å². The normalized spacial score (nSPS) is 11.6. The molecule has 0 amide bonds. The zero-order chi connectivity index (χ0) is 34.4.